The summed E-state index contributed by atoms with van der Waals surface area (Å²) in [5.74, 6) is 1.20. The third-order valence-electron chi connectivity index (χ3n) is 6.72. The second-order valence-corrected chi connectivity index (χ2v) is 9.10. The summed E-state index contributed by atoms with van der Waals surface area (Å²) in [7, 11) is 9.86. The van der Waals surface area contributed by atoms with Crippen LogP contribution in [0.1, 0.15) is 36.8 Å². The molecule has 1 aromatic rings. The molecule has 1 fully saturated rings. The largest absolute Gasteiger partial charge is 0.355 e. The maximum absolute atomic E-state index is 12.4. The monoisotopic (exact) mass is 399 g/mol. The molecule has 6 heteroatoms. The number of hydrogen-bond acceptors (Lipinski definition) is 3. The molecule has 2 unspecified atom stereocenters. The van der Waals surface area contributed by atoms with Crippen LogP contribution in [-0.2, 0) is 17.6 Å². The van der Waals surface area contributed by atoms with Crippen LogP contribution in [0.3, 0.4) is 0 Å². The van der Waals surface area contributed by atoms with Gasteiger partial charge < -0.3 is 20.4 Å². The Morgan fingerprint density at radius 2 is 1.79 bits per heavy atom. The topological polar surface area (TPSA) is 60.0 Å². The first-order valence-electron chi connectivity index (χ1n) is 10.8. The van der Waals surface area contributed by atoms with Crippen molar-refractivity contribution in [3.63, 3.8) is 0 Å². The summed E-state index contributed by atoms with van der Waals surface area (Å²) in [4.78, 5) is 20.9. The van der Waals surface area contributed by atoms with Crippen LogP contribution in [0.4, 0.5) is 0 Å². The number of fused-ring (bicyclic) bond motifs is 1. The smallest absolute Gasteiger partial charge is 0.225 e. The zero-order valence-corrected chi connectivity index (χ0v) is 18.7. The number of guanidine groups is 1. The summed E-state index contributed by atoms with van der Waals surface area (Å²) in [5, 5.41) is 7.16. The molecule has 2 atom stereocenters. The van der Waals surface area contributed by atoms with Crippen LogP contribution in [-0.4, -0.2) is 75.0 Å². The van der Waals surface area contributed by atoms with E-state index in [1.807, 2.05) is 21.1 Å². The Kier molecular flexibility index (Phi) is 6.83. The third kappa shape index (κ3) is 4.92. The van der Waals surface area contributed by atoms with Crippen LogP contribution in [0, 0.1) is 5.92 Å². The van der Waals surface area contributed by atoms with E-state index in [4.69, 9.17) is 0 Å². The Balaban J connectivity index is 1.59. The van der Waals surface area contributed by atoms with Gasteiger partial charge in [0.2, 0.25) is 5.91 Å². The normalized spacial score (nSPS) is 23.6. The summed E-state index contributed by atoms with van der Waals surface area (Å²) in [6.07, 6.45) is 6.12. The molecule has 0 radical (unpaired) electrons. The Labute approximate surface area is 175 Å². The number of benzene rings is 1. The number of aliphatic imine (C=N–C) groups is 1. The number of amides is 1. The van der Waals surface area contributed by atoms with Gasteiger partial charge >= 0.3 is 0 Å². The lowest BCUT2D eigenvalue weighted by atomic mass is 9.85. The average molecular weight is 400 g/mol. The first-order valence-corrected chi connectivity index (χ1v) is 10.8. The zero-order valence-electron chi connectivity index (χ0n) is 18.7. The molecule has 1 amide bonds. The summed E-state index contributed by atoms with van der Waals surface area (Å²) >= 11 is 0. The van der Waals surface area contributed by atoms with Gasteiger partial charge in [0.1, 0.15) is 0 Å². The number of carbonyl (C=O) groups is 1. The number of carbonyl (C=O) groups excluding carboxylic acids is 1. The van der Waals surface area contributed by atoms with Gasteiger partial charge in [0.05, 0.1) is 0 Å². The van der Waals surface area contributed by atoms with Gasteiger partial charge in [0.25, 0.3) is 0 Å². The first kappa shape index (κ1) is 21.6. The lowest BCUT2D eigenvalue weighted by Crippen LogP contribution is -2.56. The molecule has 0 saturated heterocycles. The van der Waals surface area contributed by atoms with Crippen molar-refractivity contribution in [2.45, 2.75) is 50.1 Å². The molecular formula is C23H37N5O. The minimum atomic E-state index is 0.0529. The predicted octanol–water partition coefficient (Wildman–Crippen LogP) is 1.90. The van der Waals surface area contributed by atoms with Crippen LogP contribution < -0.4 is 10.6 Å². The van der Waals surface area contributed by atoms with Crippen molar-refractivity contribution in [1.82, 2.24) is 20.4 Å². The fourth-order valence-electron chi connectivity index (χ4n) is 4.82. The molecule has 6 nitrogen and oxygen atoms in total. The molecule has 0 aliphatic heterocycles. The molecule has 0 spiro atoms. The van der Waals surface area contributed by atoms with Crippen molar-refractivity contribution in [3.05, 3.63) is 35.4 Å². The fraction of sp³-hybridized carbons (Fsp3) is 0.652. The second-order valence-electron chi connectivity index (χ2n) is 9.10. The Bertz CT molecular complexity index is 718. The molecule has 2 aliphatic rings. The van der Waals surface area contributed by atoms with E-state index in [9.17, 15) is 4.79 Å². The van der Waals surface area contributed by atoms with E-state index in [0.717, 1.165) is 51.0 Å². The lowest BCUT2D eigenvalue weighted by molar-refractivity contribution is -0.134. The minimum absolute atomic E-state index is 0.0529. The Morgan fingerprint density at radius 3 is 2.34 bits per heavy atom. The van der Waals surface area contributed by atoms with Gasteiger partial charge in [-0.3, -0.25) is 9.79 Å². The van der Waals surface area contributed by atoms with Crippen molar-refractivity contribution in [3.8, 4) is 0 Å². The molecule has 0 aromatic heterocycles. The molecule has 0 heterocycles. The number of nitrogens with zero attached hydrogens (tertiary/aromatic N) is 3. The van der Waals surface area contributed by atoms with Crippen LogP contribution in [0.5, 0.6) is 0 Å². The van der Waals surface area contributed by atoms with Crippen molar-refractivity contribution in [2.75, 3.05) is 41.8 Å². The molecule has 29 heavy (non-hydrogen) atoms. The van der Waals surface area contributed by atoms with E-state index in [-0.39, 0.29) is 17.4 Å². The number of nitrogens with one attached hydrogen (secondary N) is 2. The van der Waals surface area contributed by atoms with Crippen molar-refractivity contribution in [2.24, 2.45) is 10.9 Å². The van der Waals surface area contributed by atoms with Crippen molar-refractivity contribution < 1.29 is 4.79 Å². The molecule has 160 valence electrons. The summed E-state index contributed by atoms with van der Waals surface area (Å²) in [5.41, 5.74) is 2.95. The maximum atomic E-state index is 12.4. The van der Waals surface area contributed by atoms with E-state index in [1.54, 1.807) is 4.90 Å². The van der Waals surface area contributed by atoms with E-state index in [2.05, 4.69) is 58.9 Å². The van der Waals surface area contributed by atoms with Crippen LogP contribution >= 0.6 is 0 Å². The number of hydrogen-bond donors (Lipinski definition) is 2. The summed E-state index contributed by atoms with van der Waals surface area (Å²) < 4.78 is 0. The Hall–Kier alpha value is -2.08. The molecule has 2 aliphatic carbocycles. The van der Waals surface area contributed by atoms with E-state index < -0.39 is 0 Å². The fourth-order valence-corrected chi connectivity index (χ4v) is 4.82. The minimum Gasteiger partial charge on any atom is -0.355 e. The van der Waals surface area contributed by atoms with Crippen LogP contribution in [0.25, 0.3) is 0 Å². The van der Waals surface area contributed by atoms with Gasteiger partial charge in [0.15, 0.2) is 5.96 Å². The number of rotatable bonds is 5. The van der Waals surface area contributed by atoms with Gasteiger partial charge in [-0.2, -0.15) is 0 Å². The molecule has 3 rings (SSSR count). The second kappa shape index (κ2) is 9.16. The highest BCUT2D eigenvalue weighted by Crippen LogP contribution is 2.33. The van der Waals surface area contributed by atoms with Crippen LogP contribution in [0.15, 0.2) is 29.3 Å². The highest BCUT2D eigenvalue weighted by molar-refractivity contribution is 5.81. The molecule has 1 saturated carbocycles. The van der Waals surface area contributed by atoms with Crippen LogP contribution in [0.2, 0.25) is 0 Å². The molecule has 1 aromatic carbocycles. The molecular weight excluding hydrogens is 362 g/mol. The standard InChI is InChI=1S/C23H37N5O/c1-24-22(26-20-12-8-11-17(13-20)21(29)27(2)3)25-16-23(28(4)5)14-18-9-6-7-10-19(18)15-23/h6-7,9-10,17,20H,8,11-16H2,1-5H3,(H2,24,25,26). The van der Waals surface area contributed by atoms with E-state index in [1.165, 1.54) is 11.1 Å². The third-order valence-corrected chi connectivity index (χ3v) is 6.72. The maximum Gasteiger partial charge on any atom is 0.225 e. The van der Waals surface area contributed by atoms with Gasteiger partial charge in [-0.15, -0.1) is 0 Å². The average Bonchev–Trinajstić information content (AvgIpc) is 3.10. The lowest BCUT2D eigenvalue weighted by Gasteiger charge is -2.37. The quantitative estimate of drug-likeness (QED) is 0.586. The SMILES string of the molecule is CN=C(NCC1(N(C)C)Cc2ccccc2C1)NC1CCCC(C(=O)N(C)C)C1. The zero-order chi connectivity index (χ0) is 21.0. The van der Waals surface area contributed by atoms with Crippen molar-refractivity contribution >= 4 is 11.9 Å². The van der Waals surface area contributed by atoms with Gasteiger partial charge in [-0.05, 0) is 57.3 Å². The van der Waals surface area contributed by atoms with Gasteiger partial charge in [-0.1, -0.05) is 30.7 Å². The van der Waals surface area contributed by atoms with Gasteiger partial charge in [-0.25, -0.2) is 0 Å². The molecule has 2 N–H and O–H groups in total. The number of likely N-dealkylation sites (N-methyl/N-ethyl adjacent to an activating group) is 1. The first-order chi connectivity index (χ1) is 13.8. The van der Waals surface area contributed by atoms with Gasteiger partial charge in [0, 0.05) is 45.2 Å². The summed E-state index contributed by atoms with van der Waals surface area (Å²) in [6, 6.07) is 9.05. The highest BCUT2D eigenvalue weighted by atomic mass is 16.2. The van der Waals surface area contributed by atoms with E-state index >= 15 is 0 Å². The Morgan fingerprint density at radius 1 is 1.14 bits per heavy atom. The van der Waals surface area contributed by atoms with Crippen molar-refractivity contribution in [1.29, 1.82) is 0 Å². The molecule has 0 bridgehead atoms. The predicted molar refractivity (Wildman–Crippen MR) is 119 cm³/mol. The summed E-state index contributed by atoms with van der Waals surface area (Å²) in [6.45, 7) is 0.834. The van der Waals surface area contributed by atoms with E-state index in [0.29, 0.717) is 6.04 Å². The highest BCUT2D eigenvalue weighted by Gasteiger charge is 2.39.